The summed E-state index contributed by atoms with van der Waals surface area (Å²) in [4.78, 5) is 24.5. The first-order valence-electron chi connectivity index (χ1n) is 9.16. The summed E-state index contributed by atoms with van der Waals surface area (Å²) in [5, 5.41) is 2.84. The molecule has 0 spiro atoms. The van der Waals surface area contributed by atoms with E-state index in [0.29, 0.717) is 12.1 Å². The molecule has 0 heterocycles. The Hall–Kier alpha value is -3.72. The summed E-state index contributed by atoms with van der Waals surface area (Å²) < 4.78 is 0. The summed E-state index contributed by atoms with van der Waals surface area (Å²) in [7, 11) is 0. The molecule has 0 atom stereocenters. The number of Topliss-reactive ketones (excluding diaryl/α,β-unsaturated/α-hetero) is 1. The van der Waals surface area contributed by atoms with Crippen molar-refractivity contribution in [1.82, 2.24) is 0 Å². The van der Waals surface area contributed by atoms with Gasteiger partial charge >= 0.3 is 0 Å². The Morgan fingerprint density at radius 2 is 1.54 bits per heavy atom. The second-order valence-electron chi connectivity index (χ2n) is 6.69. The number of carbonyl (C=O) groups is 2. The Morgan fingerprint density at radius 1 is 0.821 bits per heavy atom. The van der Waals surface area contributed by atoms with Crippen LogP contribution >= 0.6 is 0 Å². The third-order valence-electron chi connectivity index (χ3n) is 4.68. The van der Waals surface area contributed by atoms with Gasteiger partial charge in [-0.1, -0.05) is 66.7 Å². The van der Waals surface area contributed by atoms with Gasteiger partial charge in [0.05, 0.1) is 0 Å². The van der Waals surface area contributed by atoms with Crippen molar-refractivity contribution in [1.29, 1.82) is 0 Å². The number of hydrogen-bond acceptors (Lipinski definition) is 2. The van der Waals surface area contributed by atoms with Crippen LogP contribution in [0.3, 0.4) is 0 Å². The van der Waals surface area contributed by atoms with Gasteiger partial charge in [-0.25, -0.2) is 0 Å². The number of allylic oxidation sites excluding steroid dienone is 1. The first-order valence-corrected chi connectivity index (χ1v) is 9.16. The Morgan fingerprint density at radius 3 is 2.29 bits per heavy atom. The molecule has 0 radical (unpaired) electrons. The van der Waals surface area contributed by atoms with Gasteiger partial charge in [0.2, 0.25) is 5.91 Å². The van der Waals surface area contributed by atoms with Crippen LogP contribution in [0.5, 0.6) is 0 Å². The summed E-state index contributed by atoms with van der Waals surface area (Å²) in [5.41, 5.74) is 5.29. The molecule has 3 aromatic carbocycles. The Balaban J connectivity index is 1.41. The van der Waals surface area contributed by atoms with E-state index in [2.05, 4.69) is 5.32 Å². The number of fused-ring (bicyclic) bond motifs is 1. The molecule has 0 fully saturated rings. The number of benzene rings is 3. The zero-order valence-corrected chi connectivity index (χ0v) is 15.3. The van der Waals surface area contributed by atoms with E-state index in [4.69, 9.17) is 0 Å². The maximum absolute atomic E-state index is 12.5. The molecule has 1 amide bonds. The molecule has 3 aromatic rings. The molecule has 1 aliphatic carbocycles. The lowest BCUT2D eigenvalue weighted by Gasteiger charge is -2.03. The van der Waals surface area contributed by atoms with Crippen LogP contribution in [-0.4, -0.2) is 11.7 Å². The first kappa shape index (κ1) is 17.7. The Kier molecular flexibility index (Phi) is 4.98. The summed E-state index contributed by atoms with van der Waals surface area (Å²) in [6.45, 7) is 0. The van der Waals surface area contributed by atoms with E-state index in [1.807, 2.05) is 84.9 Å². The average Bonchev–Trinajstić information content (AvgIpc) is 3.04. The van der Waals surface area contributed by atoms with Gasteiger partial charge in [0.15, 0.2) is 5.78 Å². The molecular weight excluding hydrogens is 346 g/mol. The fraction of sp³-hybridized carbons (Fsp3) is 0.0400. The summed E-state index contributed by atoms with van der Waals surface area (Å²) in [6.07, 6.45) is 5.87. The van der Waals surface area contributed by atoms with Crippen LogP contribution in [0, 0.1) is 0 Å². The van der Waals surface area contributed by atoms with E-state index < -0.39 is 0 Å². The van der Waals surface area contributed by atoms with Crippen LogP contribution in [0.25, 0.3) is 12.2 Å². The molecule has 3 nitrogen and oxygen atoms in total. The molecule has 4 rings (SSSR count). The van der Waals surface area contributed by atoms with Gasteiger partial charge < -0.3 is 5.32 Å². The summed E-state index contributed by atoms with van der Waals surface area (Å²) in [6, 6.07) is 24.9. The predicted octanol–water partition coefficient (Wildman–Crippen LogP) is 5.16. The number of hydrogen-bond donors (Lipinski definition) is 1. The standard InChI is InChI=1S/C25H19NO2/c27-24(15-12-18-6-2-1-3-7-18)26-22-13-10-19(11-14-22)16-21-17-20-8-4-5-9-23(20)25(21)28/h1-16H,17H2,(H,26,27)/b15-12?,21-16+. The molecule has 0 saturated carbocycles. The molecule has 136 valence electrons. The number of amides is 1. The normalized spacial score (nSPS) is 14.4. The molecule has 0 aliphatic heterocycles. The minimum absolute atomic E-state index is 0.0963. The number of carbonyl (C=O) groups excluding carboxylic acids is 2. The van der Waals surface area contributed by atoms with Crippen LogP contribution in [0.1, 0.15) is 27.0 Å². The van der Waals surface area contributed by atoms with E-state index in [-0.39, 0.29) is 11.7 Å². The zero-order chi connectivity index (χ0) is 19.3. The molecule has 28 heavy (non-hydrogen) atoms. The Labute approximate surface area is 164 Å². The highest BCUT2D eigenvalue weighted by molar-refractivity contribution is 6.15. The van der Waals surface area contributed by atoms with Gasteiger partial charge in [-0.2, -0.15) is 0 Å². The molecule has 0 unspecified atom stereocenters. The molecule has 1 aliphatic rings. The van der Waals surface area contributed by atoms with E-state index >= 15 is 0 Å². The smallest absolute Gasteiger partial charge is 0.248 e. The molecule has 0 bridgehead atoms. The van der Waals surface area contributed by atoms with Crippen molar-refractivity contribution < 1.29 is 9.59 Å². The van der Waals surface area contributed by atoms with Crippen LogP contribution in [0.15, 0.2) is 90.5 Å². The van der Waals surface area contributed by atoms with Gasteiger partial charge in [0, 0.05) is 29.3 Å². The number of ketones is 1. The second kappa shape index (κ2) is 7.89. The van der Waals surface area contributed by atoms with Crippen molar-refractivity contribution in [3.8, 4) is 0 Å². The van der Waals surface area contributed by atoms with Crippen molar-refractivity contribution in [2.24, 2.45) is 0 Å². The van der Waals surface area contributed by atoms with E-state index in [1.165, 1.54) is 6.08 Å². The minimum Gasteiger partial charge on any atom is -0.323 e. The van der Waals surface area contributed by atoms with Gasteiger partial charge in [-0.15, -0.1) is 0 Å². The van der Waals surface area contributed by atoms with Gasteiger partial charge in [-0.05, 0) is 41.0 Å². The van der Waals surface area contributed by atoms with Crippen LogP contribution in [0.2, 0.25) is 0 Å². The minimum atomic E-state index is -0.184. The lowest BCUT2D eigenvalue weighted by atomic mass is 10.1. The fourth-order valence-electron chi connectivity index (χ4n) is 3.25. The van der Waals surface area contributed by atoms with Crippen molar-refractivity contribution in [2.75, 3.05) is 5.32 Å². The second-order valence-corrected chi connectivity index (χ2v) is 6.69. The van der Waals surface area contributed by atoms with Crippen molar-refractivity contribution in [2.45, 2.75) is 6.42 Å². The van der Waals surface area contributed by atoms with E-state index in [1.54, 1.807) is 6.08 Å². The summed E-state index contributed by atoms with van der Waals surface area (Å²) >= 11 is 0. The number of rotatable bonds is 4. The number of nitrogens with one attached hydrogen (secondary N) is 1. The maximum Gasteiger partial charge on any atom is 0.248 e. The molecular formula is C25H19NO2. The average molecular weight is 365 g/mol. The fourth-order valence-corrected chi connectivity index (χ4v) is 3.25. The van der Waals surface area contributed by atoms with Crippen molar-refractivity contribution >= 4 is 29.5 Å². The Bertz CT molecular complexity index is 1080. The van der Waals surface area contributed by atoms with Crippen molar-refractivity contribution in [3.05, 3.63) is 113 Å². The third-order valence-corrected chi connectivity index (χ3v) is 4.68. The third kappa shape index (κ3) is 3.99. The highest BCUT2D eigenvalue weighted by Gasteiger charge is 2.23. The monoisotopic (exact) mass is 365 g/mol. The van der Waals surface area contributed by atoms with Crippen LogP contribution in [0.4, 0.5) is 5.69 Å². The number of anilines is 1. The van der Waals surface area contributed by atoms with E-state index in [9.17, 15) is 9.59 Å². The zero-order valence-electron chi connectivity index (χ0n) is 15.3. The van der Waals surface area contributed by atoms with Gasteiger partial charge in [0.1, 0.15) is 0 Å². The van der Waals surface area contributed by atoms with Crippen LogP contribution < -0.4 is 5.32 Å². The molecule has 1 N–H and O–H groups in total. The lowest BCUT2D eigenvalue weighted by Crippen LogP contribution is -2.07. The van der Waals surface area contributed by atoms with E-state index in [0.717, 1.165) is 27.8 Å². The topological polar surface area (TPSA) is 46.2 Å². The SMILES string of the molecule is O=C(C=Cc1ccccc1)Nc1ccc(/C=C2\Cc3ccccc3C2=O)cc1. The lowest BCUT2D eigenvalue weighted by molar-refractivity contribution is -0.111. The largest absolute Gasteiger partial charge is 0.323 e. The summed E-state index contributed by atoms with van der Waals surface area (Å²) in [5.74, 6) is -0.0876. The van der Waals surface area contributed by atoms with Gasteiger partial charge in [0.25, 0.3) is 0 Å². The van der Waals surface area contributed by atoms with Crippen molar-refractivity contribution in [3.63, 3.8) is 0 Å². The maximum atomic E-state index is 12.5. The molecule has 3 heteroatoms. The quantitative estimate of drug-likeness (QED) is 0.649. The molecule has 0 aromatic heterocycles. The predicted molar refractivity (Wildman–Crippen MR) is 113 cm³/mol. The van der Waals surface area contributed by atoms with Crippen LogP contribution in [-0.2, 0) is 11.2 Å². The van der Waals surface area contributed by atoms with Gasteiger partial charge in [-0.3, -0.25) is 9.59 Å². The molecule has 0 saturated heterocycles. The first-order chi connectivity index (χ1) is 13.7. The highest BCUT2D eigenvalue weighted by atomic mass is 16.1. The highest BCUT2D eigenvalue weighted by Crippen LogP contribution is 2.27.